The summed E-state index contributed by atoms with van der Waals surface area (Å²) in [4.78, 5) is 37.9. The average Bonchev–Trinajstić information content (AvgIpc) is 3.40. The molecule has 0 N–H and O–H groups in total. The fourth-order valence-electron chi connectivity index (χ4n) is 8.11. The van der Waals surface area contributed by atoms with Crippen molar-refractivity contribution in [3.05, 3.63) is 90.6 Å². The molecule has 4 heterocycles. The van der Waals surface area contributed by atoms with Crippen LogP contribution in [0.25, 0.3) is 0 Å². The highest BCUT2D eigenvalue weighted by atomic mass is 79.9. The van der Waals surface area contributed by atoms with Gasteiger partial charge in [-0.15, -0.1) is 0 Å². The zero-order chi connectivity index (χ0) is 31.1. The number of amides is 2. The summed E-state index contributed by atoms with van der Waals surface area (Å²) in [7, 11) is 0. The normalized spacial score (nSPS) is 20.8. The Morgan fingerprint density at radius 3 is 2.40 bits per heavy atom. The predicted octanol–water partition coefficient (Wildman–Crippen LogP) is 7.42. The van der Waals surface area contributed by atoms with E-state index in [0.717, 1.165) is 97.3 Å². The molecule has 0 saturated carbocycles. The van der Waals surface area contributed by atoms with Crippen LogP contribution in [0.4, 0.5) is 5.69 Å². The number of nitrogens with zero attached hydrogens (tertiary/aromatic N) is 4. The average molecular weight is 755 g/mol. The zero-order valence-electron chi connectivity index (χ0n) is 25.5. The lowest BCUT2D eigenvalue weighted by atomic mass is 9.76. The van der Waals surface area contributed by atoms with Crippen molar-refractivity contribution in [1.82, 2.24) is 14.8 Å². The Morgan fingerprint density at radius 2 is 1.60 bits per heavy atom. The van der Waals surface area contributed by atoms with Gasteiger partial charge in [0.15, 0.2) is 0 Å². The van der Waals surface area contributed by atoms with E-state index in [1.807, 2.05) is 29.3 Å². The van der Waals surface area contributed by atoms with Gasteiger partial charge in [0, 0.05) is 57.8 Å². The van der Waals surface area contributed by atoms with E-state index in [0.29, 0.717) is 24.8 Å². The number of para-hydroxylation sites is 1. The molecule has 6 nitrogen and oxygen atoms in total. The number of likely N-dealkylation sites (tertiary alicyclic amines) is 2. The number of rotatable bonds is 5. The summed E-state index contributed by atoms with van der Waals surface area (Å²) in [6.07, 6.45) is 9.21. The molecule has 236 valence electrons. The number of hydrogen-bond donors (Lipinski definition) is 0. The summed E-state index contributed by atoms with van der Waals surface area (Å²) in [5.41, 5.74) is 7.41. The van der Waals surface area contributed by atoms with Crippen LogP contribution in [0.3, 0.4) is 0 Å². The monoisotopic (exact) mass is 752 g/mol. The molecular formula is C36H39Br2ClN4O2. The van der Waals surface area contributed by atoms with Gasteiger partial charge in [0.1, 0.15) is 0 Å². The number of hydrogen-bond acceptors (Lipinski definition) is 4. The fraction of sp³-hybridized carbons (Fsp3) is 0.472. The molecule has 1 aromatic heterocycles. The van der Waals surface area contributed by atoms with Crippen LogP contribution in [-0.2, 0) is 28.9 Å². The first-order valence-electron chi connectivity index (χ1n) is 16.3. The Hall–Kier alpha value is -2.26. The van der Waals surface area contributed by atoms with Gasteiger partial charge < -0.3 is 9.80 Å². The summed E-state index contributed by atoms with van der Waals surface area (Å²) >= 11 is 14.0. The van der Waals surface area contributed by atoms with Crippen molar-refractivity contribution in [2.75, 3.05) is 44.2 Å². The number of piperidine rings is 2. The van der Waals surface area contributed by atoms with E-state index in [-0.39, 0.29) is 17.7 Å². The minimum Gasteiger partial charge on any atom is -0.343 e. The summed E-state index contributed by atoms with van der Waals surface area (Å²) in [6.45, 7) is 4.57. The van der Waals surface area contributed by atoms with Crippen LogP contribution >= 0.6 is 43.5 Å². The lowest BCUT2D eigenvalue weighted by Crippen LogP contribution is -2.44. The van der Waals surface area contributed by atoms with Gasteiger partial charge in [0.05, 0.1) is 12.2 Å². The molecule has 0 spiro atoms. The second-order valence-electron chi connectivity index (χ2n) is 13.2. The number of anilines is 1. The molecule has 1 atom stereocenters. The van der Waals surface area contributed by atoms with Gasteiger partial charge in [-0.3, -0.25) is 19.5 Å². The van der Waals surface area contributed by atoms with E-state index < -0.39 is 0 Å². The zero-order valence-corrected chi connectivity index (χ0v) is 29.4. The highest BCUT2D eigenvalue weighted by Gasteiger charge is 2.37. The second-order valence-corrected chi connectivity index (χ2v) is 15.4. The molecule has 2 saturated heterocycles. The molecule has 1 aliphatic carbocycles. The number of benzene rings is 2. The first-order valence-corrected chi connectivity index (χ1v) is 18.3. The van der Waals surface area contributed by atoms with Crippen molar-refractivity contribution in [1.29, 1.82) is 0 Å². The Kier molecular flexibility index (Phi) is 9.38. The van der Waals surface area contributed by atoms with Gasteiger partial charge >= 0.3 is 0 Å². The molecule has 45 heavy (non-hydrogen) atoms. The molecule has 9 heteroatoms. The number of fused-ring (bicyclic) bond motifs is 3. The number of pyridine rings is 1. The van der Waals surface area contributed by atoms with E-state index in [1.54, 1.807) is 0 Å². The van der Waals surface area contributed by atoms with Crippen LogP contribution in [0.5, 0.6) is 0 Å². The summed E-state index contributed by atoms with van der Waals surface area (Å²) in [6, 6.07) is 14.6. The van der Waals surface area contributed by atoms with Crippen LogP contribution in [0.1, 0.15) is 66.0 Å². The van der Waals surface area contributed by atoms with E-state index in [1.165, 1.54) is 27.9 Å². The molecule has 3 aromatic rings. The minimum absolute atomic E-state index is 0.176. The maximum Gasteiger partial charge on any atom is 0.241 e. The first-order chi connectivity index (χ1) is 21.8. The number of aromatic nitrogens is 1. The number of carbonyl (C=O) groups excluding carboxylic acids is 2. The van der Waals surface area contributed by atoms with Crippen LogP contribution in [0.15, 0.2) is 57.6 Å². The van der Waals surface area contributed by atoms with Crippen LogP contribution in [-0.4, -0.2) is 65.9 Å². The Balaban J connectivity index is 0.943. The third-order valence-corrected chi connectivity index (χ3v) is 11.8. The molecular weight excluding hydrogens is 716 g/mol. The number of carbonyl (C=O) groups is 2. The summed E-state index contributed by atoms with van der Waals surface area (Å²) in [5.74, 6) is 1.44. The van der Waals surface area contributed by atoms with E-state index in [9.17, 15) is 9.59 Å². The van der Waals surface area contributed by atoms with Crippen molar-refractivity contribution < 1.29 is 9.59 Å². The van der Waals surface area contributed by atoms with E-state index >= 15 is 0 Å². The molecule has 4 aliphatic rings. The standard InChI is InChI=1S/C36H39Br2ClN4O2/c37-28-18-27-6-5-26-19-29(39)20-30(38)34(26)35(36(27)40-21-28)25-9-14-42(15-10-25)32(44)17-23-7-12-41(13-8-23)22-33(45)43-16-11-24-3-1-2-4-31(24)43/h1-4,18-21,23,25,35H,5-17,22H2/t35-/m1/s1. The van der Waals surface area contributed by atoms with Crippen molar-refractivity contribution >= 4 is 61.0 Å². The topological polar surface area (TPSA) is 56.8 Å². The van der Waals surface area contributed by atoms with Crippen molar-refractivity contribution in [3.8, 4) is 0 Å². The van der Waals surface area contributed by atoms with Gasteiger partial charge in [-0.05, 0) is 132 Å². The van der Waals surface area contributed by atoms with Crippen LogP contribution in [0, 0.1) is 11.8 Å². The molecule has 3 aliphatic heterocycles. The molecule has 0 bridgehead atoms. The lowest BCUT2D eigenvalue weighted by Gasteiger charge is -2.38. The summed E-state index contributed by atoms with van der Waals surface area (Å²) < 4.78 is 2.07. The maximum atomic E-state index is 13.5. The van der Waals surface area contributed by atoms with Gasteiger partial charge in [-0.2, -0.15) is 0 Å². The Labute approximate surface area is 287 Å². The van der Waals surface area contributed by atoms with Crippen LogP contribution < -0.4 is 4.90 Å². The molecule has 2 amide bonds. The molecule has 7 rings (SSSR count). The number of halogens is 3. The number of aryl methyl sites for hydroxylation is 2. The molecule has 0 unspecified atom stereocenters. The van der Waals surface area contributed by atoms with Crippen molar-refractivity contribution in [2.45, 2.75) is 57.3 Å². The summed E-state index contributed by atoms with van der Waals surface area (Å²) in [5, 5.41) is 0.759. The largest absolute Gasteiger partial charge is 0.343 e. The lowest BCUT2D eigenvalue weighted by molar-refractivity contribution is -0.134. The first kappa shape index (κ1) is 31.3. The smallest absolute Gasteiger partial charge is 0.241 e. The Bertz CT molecular complexity index is 1600. The SMILES string of the molecule is O=C(CC1CCN(CC(=O)N2CCc3ccccc32)CC1)N1CCC([C@H]2c3ncc(Br)cc3CCc3cc(Cl)cc(Br)c32)CC1. The van der Waals surface area contributed by atoms with Gasteiger partial charge in [-0.1, -0.05) is 45.7 Å². The van der Waals surface area contributed by atoms with Gasteiger partial charge in [0.2, 0.25) is 11.8 Å². The molecule has 0 radical (unpaired) electrons. The molecule has 2 aromatic carbocycles. The maximum absolute atomic E-state index is 13.5. The minimum atomic E-state index is 0.176. The Morgan fingerprint density at radius 1 is 0.844 bits per heavy atom. The van der Waals surface area contributed by atoms with E-state index in [2.05, 4.69) is 65.9 Å². The molecule has 2 fully saturated rings. The van der Waals surface area contributed by atoms with Crippen molar-refractivity contribution in [3.63, 3.8) is 0 Å². The predicted molar refractivity (Wildman–Crippen MR) is 186 cm³/mol. The van der Waals surface area contributed by atoms with E-state index in [4.69, 9.17) is 16.6 Å². The van der Waals surface area contributed by atoms with Crippen molar-refractivity contribution in [2.24, 2.45) is 11.8 Å². The quantitative estimate of drug-likeness (QED) is 0.272. The highest BCUT2D eigenvalue weighted by Crippen LogP contribution is 2.46. The van der Waals surface area contributed by atoms with Gasteiger partial charge in [0.25, 0.3) is 0 Å². The second kappa shape index (κ2) is 13.5. The third-order valence-electron chi connectivity index (χ3n) is 10.5. The third kappa shape index (κ3) is 6.63. The fourth-order valence-corrected chi connectivity index (χ4v) is 9.61. The highest BCUT2D eigenvalue weighted by molar-refractivity contribution is 9.10. The van der Waals surface area contributed by atoms with Gasteiger partial charge in [-0.25, -0.2) is 0 Å². The van der Waals surface area contributed by atoms with Crippen LogP contribution in [0.2, 0.25) is 5.02 Å².